The van der Waals surface area contributed by atoms with E-state index in [1.807, 2.05) is 42.9 Å². The van der Waals surface area contributed by atoms with Crippen LogP contribution in [0.1, 0.15) is 5.69 Å². The minimum absolute atomic E-state index is 0.743. The van der Waals surface area contributed by atoms with Crippen molar-refractivity contribution in [3.8, 4) is 11.3 Å². The molecule has 0 fully saturated rings. The van der Waals surface area contributed by atoms with Gasteiger partial charge in [-0.05, 0) is 19.1 Å². The van der Waals surface area contributed by atoms with E-state index in [1.165, 1.54) is 0 Å². The number of benzene rings is 1. The van der Waals surface area contributed by atoms with Crippen molar-refractivity contribution >= 4 is 11.6 Å². The molecule has 1 aromatic heterocycles. The molecule has 2 nitrogen and oxygen atoms in total. The van der Waals surface area contributed by atoms with E-state index in [1.54, 1.807) is 0 Å². The van der Waals surface area contributed by atoms with Gasteiger partial charge in [-0.2, -0.15) is 5.10 Å². The van der Waals surface area contributed by atoms with Crippen LogP contribution in [0.2, 0.25) is 5.02 Å². The molecule has 0 saturated heterocycles. The molecule has 14 heavy (non-hydrogen) atoms. The van der Waals surface area contributed by atoms with Gasteiger partial charge < -0.3 is 0 Å². The summed E-state index contributed by atoms with van der Waals surface area (Å²) in [6, 6.07) is 10.9. The quantitative estimate of drug-likeness (QED) is 0.700. The summed E-state index contributed by atoms with van der Waals surface area (Å²) in [5.74, 6) is 0. The molecular formula is C11H10ClN2. The molecule has 1 aromatic carbocycles. The maximum atomic E-state index is 5.81. The van der Waals surface area contributed by atoms with Crippen LogP contribution >= 0.6 is 11.6 Å². The number of hydrogen-bond acceptors (Lipinski definition) is 1. The standard InChI is InChI=1S/C11H10ClN2/c1-8-7-11(14(2)13-8)9-3-5-10(12)6-4-9/h3-6H,1-2H3. The van der Waals surface area contributed by atoms with E-state index in [9.17, 15) is 0 Å². The van der Waals surface area contributed by atoms with Gasteiger partial charge in [0.1, 0.15) is 0 Å². The highest BCUT2D eigenvalue weighted by atomic mass is 35.5. The number of hydrogen-bond donors (Lipinski definition) is 0. The molecule has 0 aliphatic rings. The van der Waals surface area contributed by atoms with Gasteiger partial charge in [0.15, 0.2) is 0 Å². The SMILES string of the molecule is Cc1[c]c(-c2ccc(Cl)cc2)n(C)n1. The fourth-order valence-electron chi connectivity index (χ4n) is 1.42. The van der Waals surface area contributed by atoms with Crippen LogP contribution in [0.25, 0.3) is 11.3 Å². The zero-order valence-electron chi connectivity index (χ0n) is 8.08. The predicted octanol–water partition coefficient (Wildman–Crippen LogP) is 2.85. The highest BCUT2D eigenvalue weighted by molar-refractivity contribution is 6.30. The lowest BCUT2D eigenvalue weighted by atomic mass is 10.1. The van der Waals surface area contributed by atoms with Gasteiger partial charge in [0.05, 0.1) is 11.4 Å². The highest BCUT2D eigenvalue weighted by Gasteiger charge is 2.04. The van der Waals surface area contributed by atoms with Crippen molar-refractivity contribution in [2.24, 2.45) is 7.05 Å². The number of rotatable bonds is 1. The molecular weight excluding hydrogens is 196 g/mol. The first-order valence-electron chi connectivity index (χ1n) is 4.35. The summed E-state index contributed by atoms with van der Waals surface area (Å²) in [6.07, 6.45) is 0. The number of nitrogens with zero attached hydrogens (tertiary/aromatic N) is 2. The van der Waals surface area contributed by atoms with E-state index in [-0.39, 0.29) is 0 Å². The molecule has 0 aliphatic heterocycles. The minimum Gasteiger partial charge on any atom is -0.267 e. The van der Waals surface area contributed by atoms with Crippen molar-refractivity contribution < 1.29 is 0 Å². The van der Waals surface area contributed by atoms with Gasteiger partial charge in [0, 0.05) is 23.7 Å². The number of halogens is 1. The third-order valence-electron chi connectivity index (χ3n) is 2.04. The molecule has 0 bridgehead atoms. The van der Waals surface area contributed by atoms with Crippen molar-refractivity contribution in [1.82, 2.24) is 9.78 Å². The van der Waals surface area contributed by atoms with Crippen LogP contribution in [0.3, 0.4) is 0 Å². The molecule has 0 unspecified atom stereocenters. The van der Waals surface area contributed by atoms with Gasteiger partial charge in [-0.15, -0.1) is 0 Å². The lowest BCUT2D eigenvalue weighted by molar-refractivity contribution is 0.764. The van der Waals surface area contributed by atoms with E-state index in [0.717, 1.165) is 22.0 Å². The Kier molecular flexibility index (Phi) is 2.30. The van der Waals surface area contributed by atoms with E-state index in [0.29, 0.717) is 0 Å². The summed E-state index contributed by atoms with van der Waals surface area (Å²) in [6.45, 7) is 1.93. The number of aromatic nitrogens is 2. The Hall–Kier alpha value is -1.28. The maximum Gasteiger partial charge on any atom is 0.0761 e. The first-order chi connectivity index (χ1) is 6.66. The van der Waals surface area contributed by atoms with Gasteiger partial charge in [-0.1, -0.05) is 23.7 Å². The molecule has 1 heterocycles. The van der Waals surface area contributed by atoms with Crippen LogP contribution in [0.15, 0.2) is 24.3 Å². The van der Waals surface area contributed by atoms with E-state index < -0.39 is 0 Å². The Labute approximate surface area is 88.1 Å². The van der Waals surface area contributed by atoms with E-state index >= 15 is 0 Å². The van der Waals surface area contributed by atoms with Gasteiger partial charge in [0.2, 0.25) is 0 Å². The first kappa shape index (κ1) is 9.28. The lowest BCUT2D eigenvalue weighted by Gasteiger charge is -2.00. The van der Waals surface area contributed by atoms with Crippen molar-refractivity contribution in [3.05, 3.63) is 41.0 Å². The summed E-state index contributed by atoms with van der Waals surface area (Å²) >= 11 is 5.81. The van der Waals surface area contributed by atoms with Crippen LogP contribution in [-0.4, -0.2) is 9.78 Å². The molecule has 0 N–H and O–H groups in total. The Morgan fingerprint density at radius 3 is 2.43 bits per heavy atom. The van der Waals surface area contributed by atoms with Crippen LogP contribution < -0.4 is 0 Å². The maximum absolute atomic E-state index is 5.81. The predicted molar refractivity (Wildman–Crippen MR) is 57.2 cm³/mol. The van der Waals surface area contributed by atoms with Gasteiger partial charge >= 0.3 is 0 Å². The molecule has 0 spiro atoms. The average molecular weight is 206 g/mol. The third kappa shape index (κ3) is 1.66. The van der Waals surface area contributed by atoms with Gasteiger partial charge in [-0.25, -0.2) is 0 Å². The first-order valence-corrected chi connectivity index (χ1v) is 4.73. The molecule has 0 amide bonds. The minimum atomic E-state index is 0.743. The van der Waals surface area contributed by atoms with Crippen molar-refractivity contribution in [2.75, 3.05) is 0 Å². The second-order valence-corrected chi connectivity index (χ2v) is 3.63. The third-order valence-corrected chi connectivity index (χ3v) is 2.29. The Morgan fingerprint density at radius 2 is 1.93 bits per heavy atom. The van der Waals surface area contributed by atoms with Crippen LogP contribution in [0, 0.1) is 13.0 Å². The molecule has 71 valence electrons. The Morgan fingerprint density at radius 1 is 1.29 bits per heavy atom. The highest BCUT2D eigenvalue weighted by Crippen LogP contribution is 2.20. The molecule has 0 aliphatic carbocycles. The molecule has 1 radical (unpaired) electrons. The summed E-state index contributed by atoms with van der Waals surface area (Å²) in [5, 5.41) is 4.98. The fraction of sp³-hybridized carbons (Fsp3) is 0.182. The monoisotopic (exact) mass is 205 g/mol. The molecule has 2 rings (SSSR count). The molecule has 0 atom stereocenters. The van der Waals surface area contributed by atoms with Gasteiger partial charge in [0.25, 0.3) is 0 Å². The summed E-state index contributed by atoms with van der Waals surface area (Å²) in [5.41, 5.74) is 2.97. The second-order valence-electron chi connectivity index (χ2n) is 3.19. The zero-order valence-corrected chi connectivity index (χ0v) is 8.84. The van der Waals surface area contributed by atoms with E-state index in [2.05, 4.69) is 11.2 Å². The molecule has 0 saturated carbocycles. The molecule has 2 aromatic rings. The Bertz CT molecular complexity index is 443. The van der Waals surface area contributed by atoms with Crippen molar-refractivity contribution in [3.63, 3.8) is 0 Å². The lowest BCUT2D eigenvalue weighted by Crippen LogP contribution is -1.93. The smallest absolute Gasteiger partial charge is 0.0761 e. The van der Waals surface area contributed by atoms with Crippen LogP contribution in [-0.2, 0) is 7.05 Å². The van der Waals surface area contributed by atoms with Crippen LogP contribution in [0.4, 0.5) is 0 Å². The van der Waals surface area contributed by atoms with Crippen molar-refractivity contribution in [1.29, 1.82) is 0 Å². The molecule has 3 heteroatoms. The zero-order chi connectivity index (χ0) is 10.1. The van der Waals surface area contributed by atoms with Gasteiger partial charge in [-0.3, -0.25) is 4.68 Å². The second kappa shape index (κ2) is 3.46. The van der Waals surface area contributed by atoms with Crippen molar-refractivity contribution in [2.45, 2.75) is 6.92 Å². The number of aryl methyl sites for hydroxylation is 2. The fourth-order valence-corrected chi connectivity index (χ4v) is 1.55. The summed E-state index contributed by atoms with van der Waals surface area (Å²) < 4.78 is 1.82. The normalized spacial score (nSPS) is 10.5. The average Bonchev–Trinajstić information content (AvgIpc) is 2.47. The van der Waals surface area contributed by atoms with E-state index in [4.69, 9.17) is 11.6 Å². The van der Waals surface area contributed by atoms with Crippen LogP contribution in [0.5, 0.6) is 0 Å². The summed E-state index contributed by atoms with van der Waals surface area (Å²) in [4.78, 5) is 0. The Balaban J connectivity index is 2.49. The summed E-state index contributed by atoms with van der Waals surface area (Å²) in [7, 11) is 1.91. The topological polar surface area (TPSA) is 17.8 Å². The largest absolute Gasteiger partial charge is 0.267 e.